The van der Waals surface area contributed by atoms with Crippen molar-refractivity contribution in [2.24, 2.45) is 5.10 Å². The largest absolute Gasteiger partial charge is 0.497 e. The summed E-state index contributed by atoms with van der Waals surface area (Å²) in [4.78, 5) is 13.0. The summed E-state index contributed by atoms with van der Waals surface area (Å²) in [5.41, 5.74) is 5.11. The van der Waals surface area contributed by atoms with E-state index in [4.69, 9.17) is 9.47 Å². The Hall–Kier alpha value is -4.64. The number of nitrogens with one attached hydrogen (secondary N) is 1. The number of sulfonamides is 1. The van der Waals surface area contributed by atoms with Gasteiger partial charge in [0.05, 0.1) is 36.7 Å². The first-order chi connectivity index (χ1) is 19.2. The Morgan fingerprint density at radius 3 is 2.38 bits per heavy atom. The quantitative estimate of drug-likeness (QED) is 0.224. The number of carbonyl (C=O) groups is 1. The summed E-state index contributed by atoms with van der Waals surface area (Å²) in [6.07, 6.45) is 1.43. The molecule has 0 atom stereocenters. The van der Waals surface area contributed by atoms with Crippen molar-refractivity contribution in [1.82, 2.24) is 9.99 Å². The number of anilines is 1. The predicted molar refractivity (Wildman–Crippen MR) is 151 cm³/mol. The molecule has 0 radical (unpaired) electrons. The van der Waals surface area contributed by atoms with Crippen LogP contribution in [0.25, 0.3) is 5.69 Å². The zero-order valence-electron chi connectivity index (χ0n) is 22.5. The van der Waals surface area contributed by atoms with Gasteiger partial charge in [-0.25, -0.2) is 18.2 Å². The monoisotopic (exact) mass is 564 g/mol. The molecule has 0 saturated heterocycles. The van der Waals surface area contributed by atoms with Gasteiger partial charge in [-0.3, -0.25) is 9.10 Å². The van der Waals surface area contributed by atoms with Crippen molar-refractivity contribution in [3.05, 3.63) is 102 Å². The summed E-state index contributed by atoms with van der Waals surface area (Å²) in [6, 6.07) is 20.6. The number of carbonyl (C=O) groups excluding carboxylic acids is 1. The summed E-state index contributed by atoms with van der Waals surface area (Å²) in [5, 5.41) is 4.04. The van der Waals surface area contributed by atoms with Crippen molar-refractivity contribution < 1.29 is 27.1 Å². The minimum absolute atomic E-state index is 0.00440. The van der Waals surface area contributed by atoms with Crippen LogP contribution in [0.4, 0.5) is 10.1 Å². The minimum atomic E-state index is -4.16. The molecule has 0 unspecified atom stereocenters. The fourth-order valence-electron chi connectivity index (χ4n) is 4.27. The molecule has 0 aliphatic rings. The molecule has 0 spiro atoms. The molecule has 0 aliphatic heterocycles. The summed E-state index contributed by atoms with van der Waals surface area (Å²) in [6.45, 7) is 3.07. The number of halogens is 1. The number of methoxy groups -OCH3 is 2. The number of amides is 1. The number of rotatable bonds is 10. The Morgan fingerprint density at radius 2 is 1.70 bits per heavy atom. The fraction of sp³-hybridized carbons (Fsp3) is 0.172. The van der Waals surface area contributed by atoms with Crippen molar-refractivity contribution >= 4 is 27.8 Å². The maximum Gasteiger partial charge on any atom is 0.264 e. The highest BCUT2D eigenvalue weighted by atomic mass is 32.2. The third-order valence-electron chi connectivity index (χ3n) is 6.23. The number of hydrogen-bond acceptors (Lipinski definition) is 6. The molecule has 0 saturated carbocycles. The number of benzene rings is 3. The molecular weight excluding hydrogens is 535 g/mol. The number of aryl methyl sites for hydroxylation is 1. The van der Waals surface area contributed by atoms with Crippen LogP contribution in [-0.4, -0.2) is 45.9 Å². The second kappa shape index (κ2) is 12.0. The van der Waals surface area contributed by atoms with E-state index in [9.17, 15) is 17.6 Å². The fourth-order valence-corrected chi connectivity index (χ4v) is 5.72. The Kier molecular flexibility index (Phi) is 8.54. The number of aromatic nitrogens is 1. The zero-order valence-corrected chi connectivity index (χ0v) is 23.3. The lowest BCUT2D eigenvalue weighted by molar-refractivity contribution is -0.119. The van der Waals surface area contributed by atoms with Gasteiger partial charge >= 0.3 is 0 Å². The summed E-state index contributed by atoms with van der Waals surface area (Å²) < 4.78 is 55.0. The normalized spacial score (nSPS) is 11.4. The zero-order chi connectivity index (χ0) is 28.9. The maximum absolute atomic E-state index is 14.4. The second-order valence-electron chi connectivity index (χ2n) is 8.77. The number of ether oxygens (including phenoxy) is 2. The Bertz CT molecular complexity index is 1650. The standard InChI is InChI=1S/C29H29FN4O5S/c1-20-16-22(21(2)34(20)26-13-9-8-12-25(26)30)18-31-32-29(35)19-33(40(36,37)24-10-6-5-7-11-24)27-15-14-23(38-3)17-28(27)39-4/h5-18H,19H2,1-4H3,(H,32,35)/b31-18+. The molecule has 4 aromatic rings. The van der Waals surface area contributed by atoms with E-state index in [0.29, 0.717) is 17.0 Å². The molecule has 0 aliphatic carbocycles. The van der Waals surface area contributed by atoms with Crippen molar-refractivity contribution in [1.29, 1.82) is 0 Å². The van der Waals surface area contributed by atoms with Crippen molar-refractivity contribution in [2.45, 2.75) is 18.7 Å². The molecule has 9 nitrogen and oxygen atoms in total. The Labute approximate surface area is 232 Å². The van der Waals surface area contributed by atoms with Crippen LogP contribution >= 0.6 is 0 Å². The number of nitrogens with zero attached hydrogens (tertiary/aromatic N) is 3. The second-order valence-corrected chi connectivity index (χ2v) is 10.6. The van der Waals surface area contributed by atoms with E-state index in [1.54, 1.807) is 47.0 Å². The molecule has 0 bridgehead atoms. The van der Waals surface area contributed by atoms with Gasteiger partial charge in [0.1, 0.15) is 23.9 Å². The van der Waals surface area contributed by atoms with E-state index in [1.807, 2.05) is 19.9 Å². The van der Waals surface area contributed by atoms with Gasteiger partial charge < -0.3 is 14.0 Å². The average Bonchev–Trinajstić information content (AvgIpc) is 3.24. The van der Waals surface area contributed by atoms with E-state index in [2.05, 4.69) is 10.5 Å². The topological polar surface area (TPSA) is 102 Å². The van der Waals surface area contributed by atoms with E-state index < -0.39 is 22.5 Å². The SMILES string of the molecule is COc1ccc(N(CC(=O)N/N=C/c2cc(C)n(-c3ccccc3F)c2C)S(=O)(=O)c2ccccc2)c(OC)c1. The van der Waals surface area contributed by atoms with Crippen LogP contribution in [0.5, 0.6) is 11.5 Å². The molecule has 40 heavy (non-hydrogen) atoms. The van der Waals surface area contributed by atoms with Gasteiger partial charge in [-0.05, 0) is 56.3 Å². The lowest BCUT2D eigenvalue weighted by Crippen LogP contribution is -2.39. The molecular formula is C29H29FN4O5S. The first-order valence-electron chi connectivity index (χ1n) is 12.2. The maximum atomic E-state index is 14.4. The molecule has 3 aromatic carbocycles. The first-order valence-corrected chi connectivity index (χ1v) is 13.7. The first kappa shape index (κ1) is 28.4. The molecule has 1 aromatic heterocycles. The van der Waals surface area contributed by atoms with Gasteiger partial charge in [0.15, 0.2) is 0 Å². The highest BCUT2D eigenvalue weighted by Gasteiger charge is 2.29. The molecule has 4 rings (SSSR count). The van der Waals surface area contributed by atoms with E-state index >= 15 is 0 Å². The van der Waals surface area contributed by atoms with E-state index in [-0.39, 0.29) is 22.1 Å². The van der Waals surface area contributed by atoms with Gasteiger partial charge in [0.2, 0.25) is 0 Å². The van der Waals surface area contributed by atoms with Crippen LogP contribution in [0, 0.1) is 19.7 Å². The third-order valence-corrected chi connectivity index (χ3v) is 8.00. The number of hydrazone groups is 1. The molecule has 1 heterocycles. The van der Waals surface area contributed by atoms with Crippen molar-refractivity contribution in [2.75, 3.05) is 25.1 Å². The summed E-state index contributed by atoms with van der Waals surface area (Å²) in [5.74, 6) is -0.387. The highest BCUT2D eigenvalue weighted by molar-refractivity contribution is 7.92. The van der Waals surface area contributed by atoms with E-state index in [0.717, 1.165) is 15.7 Å². The van der Waals surface area contributed by atoms with Gasteiger partial charge in [0.25, 0.3) is 15.9 Å². The van der Waals surface area contributed by atoms with Crippen molar-refractivity contribution in [3.8, 4) is 17.2 Å². The highest BCUT2D eigenvalue weighted by Crippen LogP contribution is 2.35. The van der Waals surface area contributed by atoms with Gasteiger partial charge in [-0.2, -0.15) is 5.10 Å². The van der Waals surface area contributed by atoms with Crippen LogP contribution in [-0.2, 0) is 14.8 Å². The van der Waals surface area contributed by atoms with Gasteiger partial charge in [-0.1, -0.05) is 30.3 Å². The van der Waals surface area contributed by atoms with E-state index in [1.165, 1.54) is 50.8 Å². The molecule has 1 N–H and O–H groups in total. The third kappa shape index (κ3) is 5.84. The number of hydrogen-bond donors (Lipinski definition) is 1. The molecule has 11 heteroatoms. The van der Waals surface area contributed by atoms with Crippen LogP contribution in [0.15, 0.2) is 88.9 Å². The molecule has 1 amide bonds. The smallest absolute Gasteiger partial charge is 0.264 e. The van der Waals surface area contributed by atoms with Crippen LogP contribution < -0.4 is 19.2 Å². The average molecular weight is 565 g/mol. The Morgan fingerprint density at radius 1 is 1.00 bits per heavy atom. The van der Waals surface area contributed by atoms with Crippen LogP contribution in [0.1, 0.15) is 17.0 Å². The van der Waals surface area contributed by atoms with Gasteiger partial charge in [0, 0.05) is 23.0 Å². The van der Waals surface area contributed by atoms with Crippen molar-refractivity contribution in [3.63, 3.8) is 0 Å². The van der Waals surface area contributed by atoms with Gasteiger partial charge in [-0.15, -0.1) is 0 Å². The lowest BCUT2D eigenvalue weighted by atomic mass is 10.2. The summed E-state index contributed by atoms with van der Waals surface area (Å²) in [7, 11) is -1.29. The van der Waals surface area contributed by atoms with Crippen LogP contribution in [0.2, 0.25) is 0 Å². The minimum Gasteiger partial charge on any atom is -0.497 e. The Balaban J connectivity index is 1.60. The number of para-hydroxylation sites is 1. The summed E-state index contributed by atoms with van der Waals surface area (Å²) >= 11 is 0. The molecule has 0 fully saturated rings. The predicted octanol–water partition coefficient (Wildman–Crippen LogP) is 4.60. The molecule has 208 valence electrons. The lowest BCUT2D eigenvalue weighted by Gasteiger charge is -2.25. The van der Waals surface area contributed by atoms with Crippen LogP contribution in [0.3, 0.4) is 0 Å².